The summed E-state index contributed by atoms with van der Waals surface area (Å²) < 4.78 is 5.75. The van der Waals surface area contributed by atoms with Crippen molar-refractivity contribution < 1.29 is 4.74 Å². The lowest BCUT2D eigenvalue weighted by Gasteiger charge is -2.23. The van der Waals surface area contributed by atoms with Crippen molar-refractivity contribution in [3.8, 4) is 5.75 Å². The van der Waals surface area contributed by atoms with E-state index in [-0.39, 0.29) is 0 Å². The van der Waals surface area contributed by atoms with Gasteiger partial charge >= 0.3 is 0 Å². The summed E-state index contributed by atoms with van der Waals surface area (Å²) in [5.41, 5.74) is 5.48. The van der Waals surface area contributed by atoms with Gasteiger partial charge in [-0.1, -0.05) is 0 Å². The van der Waals surface area contributed by atoms with E-state index in [1.807, 2.05) is 6.07 Å². The molecule has 76 valence electrons. The SMILES string of the molecule is Nc1ccc(OC2CCNCC2)cn1. The van der Waals surface area contributed by atoms with Gasteiger partial charge in [-0.15, -0.1) is 0 Å². The van der Waals surface area contributed by atoms with E-state index >= 15 is 0 Å². The Morgan fingerprint density at radius 1 is 1.36 bits per heavy atom. The Morgan fingerprint density at radius 3 is 2.79 bits per heavy atom. The summed E-state index contributed by atoms with van der Waals surface area (Å²) in [6.45, 7) is 2.07. The van der Waals surface area contributed by atoms with E-state index in [1.165, 1.54) is 0 Å². The normalized spacial score (nSPS) is 18.0. The molecule has 0 aromatic carbocycles. The molecule has 2 rings (SSSR count). The zero-order valence-electron chi connectivity index (χ0n) is 8.07. The van der Waals surface area contributed by atoms with Crippen LogP contribution in [-0.2, 0) is 0 Å². The molecule has 3 N–H and O–H groups in total. The van der Waals surface area contributed by atoms with Crippen molar-refractivity contribution >= 4 is 5.82 Å². The Kier molecular flexibility index (Phi) is 2.84. The van der Waals surface area contributed by atoms with Gasteiger partial charge in [0.1, 0.15) is 17.7 Å². The van der Waals surface area contributed by atoms with E-state index in [0.29, 0.717) is 11.9 Å². The highest BCUT2D eigenvalue weighted by Gasteiger charge is 2.14. The van der Waals surface area contributed by atoms with Crippen LogP contribution in [0.2, 0.25) is 0 Å². The average molecular weight is 193 g/mol. The molecular formula is C10H15N3O. The molecule has 0 atom stereocenters. The zero-order valence-corrected chi connectivity index (χ0v) is 8.07. The second kappa shape index (κ2) is 4.28. The molecule has 4 heteroatoms. The van der Waals surface area contributed by atoms with Crippen LogP contribution in [0.15, 0.2) is 18.3 Å². The monoisotopic (exact) mass is 193 g/mol. The van der Waals surface area contributed by atoms with Crippen LogP contribution in [0.1, 0.15) is 12.8 Å². The molecule has 1 aliphatic rings. The standard InChI is InChI=1S/C10H15N3O/c11-10-2-1-9(7-13-10)14-8-3-5-12-6-4-8/h1-2,7-8,12H,3-6H2,(H2,11,13). The lowest BCUT2D eigenvalue weighted by Crippen LogP contribution is -2.34. The number of rotatable bonds is 2. The third kappa shape index (κ3) is 2.35. The number of aromatic nitrogens is 1. The van der Waals surface area contributed by atoms with Crippen LogP contribution in [0, 0.1) is 0 Å². The predicted octanol–water partition coefficient (Wildman–Crippen LogP) is 0.795. The first-order valence-corrected chi connectivity index (χ1v) is 4.93. The Hall–Kier alpha value is -1.29. The topological polar surface area (TPSA) is 60.2 Å². The van der Waals surface area contributed by atoms with Crippen LogP contribution in [0.25, 0.3) is 0 Å². The molecule has 1 aromatic heterocycles. The molecule has 0 spiro atoms. The fourth-order valence-corrected chi connectivity index (χ4v) is 1.57. The summed E-state index contributed by atoms with van der Waals surface area (Å²) in [5.74, 6) is 1.34. The van der Waals surface area contributed by atoms with E-state index in [1.54, 1.807) is 12.3 Å². The van der Waals surface area contributed by atoms with Gasteiger partial charge < -0.3 is 15.8 Å². The molecule has 0 radical (unpaired) electrons. The molecular weight excluding hydrogens is 178 g/mol. The molecule has 0 amide bonds. The minimum Gasteiger partial charge on any atom is -0.489 e. The highest BCUT2D eigenvalue weighted by atomic mass is 16.5. The van der Waals surface area contributed by atoms with Crippen molar-refractivity contribution in [1.82, 2.24) is 10.3 Å². The minimum atomic E-state index is 0.321. The summed E-state index contributed by atoms with van der Waals surface area (Å²) in [6.07, 6.45) is 4.12. The summed E-state index contributed by atoms with van der Waals surface area (Å²) in [6, 6.07) is 3.63. The molecule has 1 aromatic rings. The van der Waals surface area contributed by atoms with Gasteiger partial charge in [-0.25, -0.2) is 4.98 Å². The number of hydrogen-bond donors (Lipinski definition) is 2. The predicted molar refractivity (Wildman–Crippen MR) is 55.2 cm³/mol. The molecule has 1 aliphatic heterocycles. The number of anilines is 1. The molecule has 0 unspecified atom stereocenters. The molecule has 2 heterocycles. The number of nitrogens with one attached hydrogen (secondary N) is 1. The lowest BCUT2D eigenvalue weighted by atomic mass is 10.1. The average Bonchev–Trinajstić information content (AvgIpc) is 2.23. The molecule has 1 fully saturated rings. The Balaban J connectivity index is 1.92. The largest absolute Gasteiger partial charge is 0.489 e. The summed E-state index contributed by atoms with van der Waals surface area (Å²) in [7, 11) is 0. The van der Waals surface area contributed by atoms with Crippen LogP contribution in [0.3, 0.4) is 0 Å². The van der Waals surface area contributed by atoms with Crippen molar-refractivity contribution in [2.24, 2.45) is 0 Å². The first-order chi connectivity index (χ1) is 6.84. The van der Waals surface area contributed by atoms with E-state index in [0.717, 1.165) is 31.7 Å². The Morgan fingerprint density at radius 2 is 2.14 bits per heavy atom. The summed E-state index contributed by atoms with van der Waals surface area (Å²) >= 11 is 0. The number of ether oxygens (including phenoxy) is 1. The molecule has 0 saturated carbocycles. The molecule has 4 nitrogen and oxygen atoms in total. The van der Waals surface area contributed by atoms with Gasteiger partial charge in [0, 0.05) is 0 Å². The Bertz CT molecular complexity index is 280. The lowest BCUT2D eigenvalue weighted by molar-refractivity contribution is 0.162. The van der Waals surface area contributed by atoms with Crippen LogP contribution >= 0.6 is 0 Å². The first kappa shape index (κ1) is 9.27. The second-order valence-corrected chi connectivity index (χ2v) is 3.49. The van der Waals surface area contributed by atoms with Gasteiger partial charge in [0.25, 0.3) is 0 Å². The molecule has 1 saturated heterocycles. The maximum absolute atomic E-state index is 5.75. The molecule has 0 bridgehead atoms. The summed E-state index contributed by atoms with van der Waals surface area (Å²) in [5, 5.41) is 3.29. The van der Waals surface area contributed by atoms with Crippen LogP contribution in [0.4, 0.5) is 5.82 Å². The smallest absolute Gasteiger partial charge is 0.138 e. The van der Waals surface area contributed by atoms with Crippen molar-refractivity contribution in [2.45, 2.75) is 18.9 Å². The van der Waals surface area contributed by atoms with Gasteiger partial charge in [0.2, 0.25) is 0 Å². The third-order valence-electron chi connectivity index (χ3n) is 2.35. The Labute approximate surface area is 83.5 Å². The van der Waals surface area contributed by atoms with Crippen molar-refractivity contribution in [2.75, 3.05) is 18.8 Å². The fourth-order valence-electron chi connectivity index (χ4n) is 1.57. The summed E-state index contributed by atoms with van der Waals surface area (Å²) in [4.78, 5) is 3.98. The third-order valence-corrected chi connectivity index (χ3v) is 2.35. The highest BCUT2D eigenvalue weighted by molar-refractivity contribution is 5.32. The molecule has 0 aliphatic carbocycles. The second-order valence-electron chi connectivity index (χ2n) is 3.49. The quantitative estimate of drug-likeness (QED) is 0.729. The number of hydrogen-bond acceptors (Lipinski definition) is 4. The van der Waals surface area contributed by atoms with E-state index in [9.17, 15) is 0 Å². The number of pyridine rings is 1. The zero-order chi connectivity index (χ0) is 9.80. The number of nitrogen functional groups attached to an aromatic ring is 1. The minimum absolute atomic E-state index is 0.321. The van der Waals surface area contributed by atoms with E-state index < -0.39 is 0 Å². The maximum atomic E-state index is 5.75. The maximum Gasteiger partial charge on any atom is 0.138 e. The van der Waals surface area contributed by atoms with Gasteiger partial charge in [-0.05, 0) is 38.1 Å². The molecule has 14 heavy (non-hydrogen) atoms. The first-order valence-electron chi connectivity index (χ1n) is 4.93. The van der Waals surface area contributed by atoms with Gasteiger partial charge in [-0.3, -0.25) is 0 Å². The van der Waals surface area contributed by atoms with Crippen molar-refractivity contribution in [3.05, 3.63) is 18.3 Å². The van der Waals surface area contributed by atoms with E-state index in [2.05, 4.69) is 10.3 Å². The van der Waals surface area contributed by atoms with Crippen LogP contribution in [-0.4, -0.2) is 24.2 Å². The number of piperidine rings is 1. The number of nitrogens with zero attached hydrogens (tertiary/aromatic N) is 1. The van der Waals surface area contributed by atoms with Gasteiger partial charge in [0.05, 0.1) is 6.20 Å². The van der Waals surface area contributed by atoms with Crippen molar-refractivity contribution in [1.29, 1.82) is 0 Å². The van der Waals surface area contributed by atoms with Gasteiger partial charge in [-0.2, -0.15) is 0 Å². The fraction of sp³-hybridized carbons (Fsp3) is 0.500. The van der Waals surface area contributed by atoms with Gasteiger partial charge in [0.15, 0.2) is 0 Å². The van der Waals surface area contributed by atoms with Crippen LogP contribution < -0.4 is 15.8 Å². The van der Waals surface area contributed by atoms with Crippen LogP contribution in [0.5, 0.6) is 5.75 Å². The number of nitrogens with two attached hydrogens (primary N) is 1. The van der Waals surface area contributed by atoms with E-state index in [4.69, 9.17) is 10.5 Å². The highest BCUT2D eigenvalue weighted by Crippen LogP contribution is 2.15. The van der Waals surface area contributed by atoms with Crippen molar-refractivity contribution in [3.63, 3.8) is 0 Å².